The number of nitrogens with two attached hydrogens (primary N) is 1. The molecule has 0 spiro atoms. The van der Waals surface area contributed by atoms with Crippen LogP contribution in [0.4, 0.5) is 0 Å². The van der Waals surface area contributed by atoms with Gasteiger partial charge in [-0.05, 0) is 13.8 Å². The number of aryl methyl sites for hydroxylation is 2. The predicted molar refractivity (Wildman–Crippen MR) is 71.3 cm³/mol. The fourth-order valence-corrected chi connectivity index (χ4v) is 3.85. The van der Waals surface area contributed by atoms with E-state index in [9.17, 15) is 8.42 Å². The number of nitrogens with zero attached hydrogens (tertiary/aromatic N) is 2. The maximum absolute atomic E-state index is 12.5. The van der Waals surface area contributed by atoms with Crippen LogP contribution in [0.3, 0.4) is 0 Å². The van der Waals surface area contributed by atoms with E-state index in [1.165, 1.54) is 4.31 Å². The lowest BCUT2D eigenvalue weighted by atomic mass is 10.3. The highest BCUT2D eigenvalue weighted by molar-refractivity contribution is 7.89. The van der Waals surface area contributed by atoms with Gasteiger partial charge in [0.1, 0.15) is 21.7 Å². The lowest BCUT2D eigenvalue weighted by Gasteiger charge is -2.31. The highest BCUT2D eigenvalue weighted by Crippen LogP contribution is 2.24. The van der Waals surface area contributed by atoms with E-state index < -0.39 is 16.1 Å². The van der Waals surface area contributed by atoms with E-state index >= 15 is 0 Å². The molecule has 9 heteroatoms. The van der Waals surface area contributed by atoms with Gasteiger partial charge in [0.2, 0.25) is 10.0 Å². The predicted octanol–water partition coefficient (Wildman–Crippen LogP) is -0.0330. The lowest BCUT2D eigenvalue weighted by molar-refractivity contribution is 0.0386. The zero-order valence-electron chi connectivity index (χ0n) is 10.6. The van der Waals surface area contributed by atoms with E-state index in [0.717, 1.165) is 0 Å². The molecule has 0 radical (unpaired) electrons. The summed E-state index contributed by atoms with van der Waals surface area (Å²) in [6.45, 7) is 3.78. The summed E-state index contributed by atoms with van der Waals surface area (Å²) in [4.78, 5) is 0.259. The maximum atomic E-state index is 12.5. The summed E-state index contributed by atoms with van der Waals surface area (Å²) >= 11 is 4.84. The molecule has 1 saturated heterocycles. The van der Waals surface area contributed by atoms with Crippen molar-refractivity contribution in [3.63, 3.8) is 0 Å². The second-order valence-corrected chi connectivity index (χ2v) is 6.62. The molecule has 0 amide bonds. The molecule has 106 valence electrons. The van der Waals surface area contributed by atoms with E-state index in [0.29, 0.717) is 5.69 Å². The van der Waals surface area contributed by atoms with Gasteiger partial charge in [-0.2, -0.15) is 4.31 Å². The van der Waals surface area contributed by atoms with Crippen LogP contribution in [0, 0.1) is 13.8 Å². The molecule has 1 aliphatic heterocycles. The number of morpholine rings is 1. The molecule has 1 aromatic rings. The molecule has 7 nitrogen and oxygen atoms in total. The van der Waals surface area contributed by atoms with Crippen molar-refractivity contribution < 1.29 is 17.7 Å². The van der Waals surface area contributed by atoms with Crippen molar-refractivity contribution in [1.82, 2.24) is 9.46 Å². The smallest absolute Gasteiger partial charge is 0.248 e. The number of rotatable bonds is 3. The summed E-state index contributed by atoms with van der Waals surface area (Å²) in [5.41, 5.74) is 5.85. The minimum atomic E-state index is -3.66. The first-order chi connectivity index (χ1) is 8.84. The molecule has 1 aliphatic rings. The summed E-state index contributed by atoms with van der Waals surface area (Å²) in [6.07, 6.45) is -0.556. The van der Waals surface area contributed by atoms with Crippen LogP contribution in [0.25, 0.3) is 0 Å². The Morgan fingerprint density at radius 2 is 2.21 bits per heavy atom. The van der Waals surface area contributed by atoms with E-state index in [-0.39, 0.29) is 35.3 Å². The van der Waals surface area contributed by atoms with Crippen LogP contribution in [0.2, 0.25) is 0 Å². The SMILES string of the molecule is Cc1noc(C)c1S(=O)(=O)N1CCOC(C(N)=S)C1. The molecule has 1 unspecified atom stereocenters. The first-order valence-electron chi connectivity index (χ1n) is 5.68. The highest BCUT2D eigenvalue weighted by atomic mass is 32.2. The Balaban J connectivity index is 2.32. The van der Waals surface area contributed by atoms with Crippen LogP contribution in [0.5, 0.6) is 0 Å². The molecule has 1 atom stereocenters. The third kappa shape index (κ3) is 2.64. The Kier molecular flexibility index (Phi) is 3.90. The van der Waals surface area contributed by atoms with E-state index in [1.54, 1.807) is 13.8 Å². The molecule has 1 fully saturated rings. The number of aromatic nitrogens is 1. The molecular weight excluding hydrogens is 290 g/mol. The number of hydrogen-bond donors (Lipinski definition) is 1. The average molecular weight is 305 g/mol. The second kappa shape index (κ2) is 5.16. The number of sulfonamides is 1. The van der Waals surface area contributed by atoms with Crippen molar-refractivity contribution in [1.29, 1.82) is 0 Å². The zero-order valence-corrected chi connectivity index (χ0v) is 12.3. The van der Waals surface area contributed by atoms with E-state index in [1.807, 2.05) is 0 Å². The van der Waals surface area contributed by atoms with Crippen LogP contribution in [-0.2, 0) is 14.8 Å². The van der Waals surface area contributed by atoms with Gasteiger partial charge in [0.15, 0.2) is 5.76 Å². The minimum Gasteiger partial charge on any atom is -0.391 e. The monoisotopic (exact) mass is 305 g/mol. The number of hydrogen-bond acceptors (Lipinski definition) is 6. The van der Waals surface area contributed by atoms with Crippen molar-refractivity contribution >= 4 is 27.2 Å². The van der Waals surface area contributed by atoms with Gasteiger partial charge in [0.05, 0.1) is 6.61 Å². The molecule has 2 rings (SSSR count). The molecule has 19 heavy (non-hydrogen) atoms. The van der Waals surface area contributed by atoms with Crippen molar-refractivity contribution in [3.05, 3.63) is 11.5 Å². The first kappa shape index (κ1) is 14.4. The Bertz CT molecular complexity index is 576. The third-order valence-electron chi connectivity index (χ3n) is 2.91. The molecule has 0 bridgehead atoms. The average Bonchev–Trinajstić information content (AvgIpc) is 2.69. The van der Waals surface area contributed by atoms with E-state index in [2.05, 4.69) is 5.16 Å². The normalized spacial score (nSPS) is 21.5. The molecular formula is C10H15N3O4S2. The lowest BCUT2D eigenvalue weighted by Crippen LogP contribution is -2.49. The van der Waals surface area contributed by atoms with Gasteiger partial charge in [-0.15, -0.1) is 0 Å². The van der Waals surface area contributed by atoms with Crippen LogP contribution >= 0.6 is 12.2 Å². The summed E-state index contributed by atoms with van der Waals surface area (Å²) in [5.74, 6) is 0.274. The molecule has 0 aromatic carbocycles. The van der Waals surface area contributed by atoms with Crippen molar-refractivity contribution in [2.75, 3.05) is 19.7 Å². The van der Waals surface area contributed by atoms with Gasteiger partial charge >= 0.3 is 0 Å². The Morgan fingerprint density at radius 3 is 2.74 bits per heavy atom. The highest BCUT2D eigenvalue weighted by Gasteiger charge is 2.35. The van der Waals surface area contributed by atoms with Crippen molar-refractivity contribution in [3.8, 4) is 0 Å². The topological polar surface area (TPSA) is 98.7 Å². The zero-order chi connectivity index (χ0) is 14.2. The van der Waals surface area contributed by atoms with E-state index in [4.69, 9.17) is 27.2 Å². The van der Waals surface area contributed by atoms with Gasteiger partial charge < -0.3 is 15.0 Å². The Hall–Kier alpha value is -1.03. The summed E-state index contributed by atoms with van der Waals surface area (Å²) in [7, 11) is -3.66. The Morgan fingerprint density at radius 1 is 1.53 bits per heavy atom. The molecule has 2 N–H and O–H groups in total. The van der Waals surface area contributed by atoms with Gasteiger partial charge in [-0.25, -0.2) is 8.42 Å². The van der Waals surface area contributed by atoms with Crippen molar-refractivity contribution in [2.45, 2.75) is 24.8 Å². The number of thiocarbonyl (C=S) groups is 1. The fraction of sp³-hybridized carbons (Fsp3) is 0.600. The fourth-order valence-electron chi connectivity index (χ4n) is 1.99. The largest absolute Gasteiger partial charge is 0.391 e. The summed E-state index contributed by atoms with van der Waals surface area (Å²) in [6, 6.07) is 0. The van der Waals surface area contributed by atoms with Gasteiger partial charge in [-0.1, -0.05) is 17.4 Å². The number of ether oxygens (including phenoxy) is 1. The first-order valence-corrected chi connectivity index (χ1v) is 7.53. The van der Waals surface area contributed by atoms with Crippen molar-refractivity contribution in [2.24, 2.45) is 5.73 Å². The maximum Gasteiger partial charge on any atom is 0.248 e. The summed E-state index contributed by atoms with van der Waals surface area (Å²) in [5, 5.41) is 3.67. The molecule has 0 saturated carbocycles. The van der Waals surface area contributed by atoms with Gasteiger partial charge in [0.25, 0.3) is 0 Å². The van der Waals surface area contributed by atoms with Crippen LogP contribution in [-0.4, -0.2) is 48.7 Å². The third-order valence-corrected chi connectivity index (χ3v) is 5.29. The van der Waals surface area contributed by atoms with Crippen LogP contribution < -0.4 is 5.73 Å². The Labute approximate surface area is 116 Å². The second-order valence-electron chi connectivity index (χ2n) is 4.28. The summed E-state index contributed by atoms with van der Waals surface area (Å²) < 4.78 is 36.6. The molecule has 1 aromatic heterocycles. The molecule has 0 aliphatic carbocycles. The van der Waals surface area contributed by atoms with Crippen LogP contribution in [0.1, 0.15) is 11.5 Å². The molecule has 2 heterocycles. The van der Waals surface area contributed by atoms with Gasteiger partial charge in [0, 0.05) is 13.1 Å². The quantitative estimate of drug-likeness (QED) is 0.783. The van der Waals surface area contributed by atoms with Gasteiger partial charge in [-0.3, -0.25) is 0 Å². The van der Waals surface area contributed by atoms with Crippen LogP contribution in [0.15, 0.2) is 9.42 Å². The minimum absolute atomic E-state index is 0.107. The standard InChI is InChI=1S/C10H15N3O4S2/c1-6-9(7(2)17-12-6)19(14,15)13-3-4-16-8(5-13)10(11)18/h8H,3-5H2,1-2H3,(H2,11,18).